The zero-order valence-corrected chi connectivity index (χ0v) is 16.4. The maximum absolute atomic E-state index is 11.8. The number of hydrogen-bond acceptors (Lipinski definition) is 7. The van der Waals surface area contributed by atoms with E-state index < -0.39 is 34.4 Å². The third-order valence-electron chi connectivity index (χ3n) is 3.90. The summed E-state index contributed by atoms with van der Waals surface area (Å²) < 4.78 is 38.3. The largest absolute Gasteiger partial charge is 0.493 e. The van der Waals surface area contributed by atoms with Gasteiger partial charge in [-0.2, -0.15) is 0 Å². The van der Waals surface area contributed by atoms with Gasteiger partial charge >= 0.3 is 5.97 Å². The summed E-state index contributed by atoms with van der Waals surface area (Å²) in [4.78, 5) is 23.5. The average molecular weight is 409 g/mol. The van der Waals surface area contributed by atoms with Crippen LogP contribution >= 0.6 is 0 Å². The maximum atomic E-state index is 11.8. The lowest BCUT2D eigenvalue weighted by molar-refractivity contribution is -0.143. The van der Waals surface area contributed by atoms with Gasteiger partial charge in [0.15, 0.2) is 27.9 Å². The SMILES string of the molecule is C=CCOc1ccc(/C=C/C(=O)OCC(=O)N[C@@H]2CCS(=O)(=O)C2)cc1OC. The number of methoxy groups -OCH3 is 1. The van der Waals surface area contributed by atoms with Crippen LogP contribution in [0.1, 0.15) is 12.0 Å². The number of rotatable bonds is 9. The number of nitrogens with one attached hydrogen (secondary N) is 1. The summed E-state index contributed by atoms with van der Waals surface area (Å²) >= 11 is 0. The summed E-state index contributed by atoms with van der Waals surface area (Å²) in [6, 6.07) is 4.70. The molecule has 1 amide bonds. The molecule has 1 atom stereocenters. The lowest BCUT2D eigenvalue weighted by Gasteiger charge is -2.10. The molecule has 0 aromatic heterocycles. The van der Waals surface area contributed by atoms with Crippen LogP contribution in [0.3, 0.4) is 0 Å². The van der Waals surface area contributed by atoms with Gasteiger partial charge in [0, 0.05) is 12.1 Å². The zero-order valence-electron chi connectivity index (χ0n) is 15.6. The van der Waals surface area contributed by atoms with Gasteiger partial charge in [-0.05, 0) is 30.2 Å². The normalized spacial score (nSPS) is 17.8. The molecule has 0 saturated carbocycles. The molecule has 1 aliphatic rings. The quantitative estimate of drug-likeness (QED) is 0.370. The van der Waals surface area contributed by atoms with Crippen molar-refractivity contribution in [2.75, 3.05) is 31.8 Å². The number of benzene rings is 1. The first-order chi connectivity index (χ1) is 13.3. The molecule has 1 saturated heterocycles. The van der Waals surface area contributed by atoms with Crippen molar-refractivity contribution >= 4 is 27.8 Å². The molecule has 0 radical (unpaired) electrons. The summed E-state index contributed by atoms with van der Waals surface area (Å²) in [6.07, 6.45) is 4.69. The molecule has 1 aromatic carbocycles. The zero-order chi connectivity index (χ0) is 20.6. The minimum absolute atomic E-state index is 0.0569. The summed E-state index contributed by atoms with van der Waals surface area (Å²) in [6.45, 7) is 3.44. The smallest absolute Gasteiger partial charge is 0.331 e. The highest BCUT2D eigenvalue weighted by atomic mass is 32.2. The van der Waals surface area contributed by atoms with Crippen molar-refractivity contribution in [2.24, 2.45) is 0 Å². The number of sulfone groups is 1. The van der Waals surface area contributed by atoms with Gasteiger partial charge in [0.05, 0.1) is 18.6 Å². The predicted molar refractivity (Wildman–Crippen MR) is 104 cm³/mol. The van der Waals surface area contributed by atoms with Gasteiger partial charge in [-0.3, -0.25) is 4.79 Å². The highest BCUT2D eigenvalue weighted by Crippen LogP contribution is 2.28. The Hall–Kier alpha value is -2.81. The minimum Gasteiger partial charge on any atom is -0.493 e. The van der Waals surface area contributed by atoms with Crippen molar-refractivity contribution < 1.29 is 32.2 Å². The van der Waals surface area contributed by atoms with E-state index in [1.54, 1.807) is 24.3 Å². The van der Waals surface area contributed by atoms with Gasteiger partial charge in [0.2, 0.25) is 0 Å². The van der Waals surface area contributed by atoms with Gasteiger partial charge in [-0.1, -0.05) is 18.7 Å². The van der Waals surface area contributed by atoms with Crippen molar-refractivity contribution in [2.45, 2.75) is 12.5 Å². The molecule has 28 heavy (non-hydrogen) atoms. The summed E-state index contributed by atoms with van der Waals surface area (Å²) in [5.74, 6) is -0.201. The molecule has 0 spiro atoms. The lowest BCUT2D eigenvalue weighted by Crippen LogP contribution is -2.38. The van der Waals surface area contributed by atoms with E-state index in [4.69, 9.17) is 14.2 Å². The van der Waals surface area contributed by atoms with E-state index in [-0.39, 0.29) is 11.5 Å². The summed E-state index contributed by atoms with van der Waals surface area (Å²) in [5, 5.41) is 2.54. The van der Waals surface area contributed by atoms with Crippen LogP contribution in [0.15, 0.2) is 36.9 Å². The fraction of sp³-hybridized carbons (Fsp3) is 0.368. The summed E-state index contributed by atoms with van der Waals surface area (Å²) in [5.41, 5.74) is 0.681. The van der Waals surface area contributed by atoms with E-state index in [1.807, 2.05) is 0 Å². The van der Waals surface area contributed by atoms with Gasteiger partial charge in [-0.25, -0.2) is 13.2 Å². The van der Waals surface area contributed by atoms with Gasteiger partial charge in [0.25, 0.3) is 5.91 Å². The van der Waals surface area contributed by atoms with Crippen LogP contribution in [0, 0.1) is 0 Å². The van der Waals surface area contributed by atoms with E-state index in [1.165, 1.54) is 19.3 Å². The third-order valence-corrected chi connectivity index (χ3v) is 5.67. The van der Waals surface area contributed by atoms with Crippen LogP contribution in [-0.2, 0) is 24.2 Å². The van der Waals surface area contributed by atoms with E-state index >= 15 is 0 Å². The fourth-order valence-corrected chi connectivity index (χ4v) is 4.26. The Bertz CT molecular complexity index is 861. The fourth-order valence-electron chi connectivity index (χ4n) is 2.58. The maximum Gasteiger partial charge on any atom is 0.331 e. The molecule has 8 nitrogen and oxygen atoms in total. The molecule has 1 aliphatic heterocycles. The van der Waals surface area contributed by atoms with Gasteiger partial charge in [-0.15, -0.1) is 0 Å². The van der Waals surface area contributed by atoms with E-state index in [0.29, 0.717) is 30.1 Å². The first-order valence-electron chi connectivity index (χ1n) is 8.59. The second kappa shape index (κ2) is 9.93. The van der Waals surface area contributed by atoms with E-state index in [2.05, 4.69) is 11.9 Å². The van der Waals surface area contributed by atoms with Crippen LogP contribution in [0.25, 0.3) is 6.08 Å². The number of amides is 1. The first kappa shape index (κ1) is 21.5. The molecule has 9 heteroatoms. The molecule has 1 aromatic rings. The molecule has 1 heterocycles. The van der Waals surface area contributed by atoms with Gasteiger partial charge in [0.1, 0.15) is 6.61 Å². The Balaban J connectivity index is 1.82. The van der Waals surface area contributed by atoms with Crippen molar-refractivity contribution in [3.63, 3.8) is 0 Å². The monoisotopic (exact) mass is 409 g/mol. The van der Waals surface area contributed by atoms with Crippen molar-refractivity contribution in [1.29, 1.82) is 0 Å². The Kier molecular flexibility index (Phi) is 7.62. The molecule has 0 aliphatic carbocycles. The van der Waals surface area contributed by atoms with E-state index in [9.17, 15) is 18.0 Å². The molecule has 2 rings (SSSR count). The molecular weight excluding hydrogens is 386 g/mol. The van der Waals surface area contributed by atoms with Crippen LogP contribution in [-0.4, -0.2) is 58.2 Å². The molecule has 0 unspecified atom stereocenters. The van der Waals surface area contributed by atoms with Crippen LogP contribution in [0.2, 0.25) is 0 Å². The molecule has 1 fully saturated rings. The summed E-state index contributed by atoms with van der Waals surface area (Å²) in [7, 11) is -1.58. The predicted octanol–water partition coefficient (Wildman–Crippen LogP) is 1.12. The molecule has 152 valence electrons. The van der Waals surface area contributed by atoms with E-state index in [0.717, 1.165) is 0 Å². The van der Waals surface area contributed by atoms with Crippen molar-refractivity contribution in [3.8, 4) is 11.5 Å². The topological polar surface area (TPSA) is 108 Å². The van der Waals surface area contributed by atoms with Crippen molar-refractivity contribution in [1.82, 2.24) is 5.32 Å². The van der Waals surface area contributed by atoms with Crippen LogP contribution < -0.4 is 14.8 Å². The average Bonchev–Trinajstić information content (AvgIpc) is 3.01. The number of carbonyl (C=O) groups is 2. The highest BCUT2D eigenvalue weighted by molar-refractivity contribution is 7.91. The first-order valence-corrected chi connectivity index (χ1v) is 10.4. The molecule has 1 N–H and O–H groups in total. The van der Waals surface area contributed by atoms with Crippen molar-refractivity contribution in [3.05, 3.63) is 42.5 Å². The highest BCUT2D eigenvalue weighted by Gasteiger charge is 2.28. The Labute approximate surface area is 164 Å². The number of esters is 1. The van der Waals surface area contributed by atoms with Crippen LogP contribution in [0.5, 0.6) is 11.5 Å². The van der Waals surface area contributed by atoms with Gasteiger partial charge < -0.3 is 19.5 Å². The number of ether oxygens (including phenoxy) is 3. The minimum atomic E-state index is -3.08. The Morgan fingerprint density at radius 2 is 2.11 bits per heavy atom. The Morgan fingerprint density at radius 1 is 1.32 bits per heavy atom. The third kappa shape index (κ3) is 6.73. The van der Waals surface area contributed by atoms with Crippen LogP contribution in [0.4, 0.5) is 0 Å². The standard InChI is InChI=1S/C19H23NO7S/c1-3-9-26-16-6-4-14(11-17(16)25-2)5-7-19(22)27-12-18(21)20-15-8-10-28(23,24)13-15/h3-7,11,15H,1,8-10,12-13H2,2H3,(H,20,21)/b7-5+/t15-/m1/s1. The molecular formula is C19H23NO7S. The lowest BCUT2D eigenvalue weighted by atomic mass is 10.2. The second-order valence-corrected chi connectivity index (χ2v) is 8.35. The second-order valence-electron chi connectivity index (χ2n) is 6.12. The number of carbonyl (C=O) groups excluding carboxylic acids is 2. The molecule has 0 bridgehead atoms. The number of hydrogen-bond donors (Lipinski definition) is 1. The Morgan fingerprint density at radius 3 is 2.75 bits per heavy atom.